The van der Waals surface area contributed by atoms with Gasteiger partial charge in [0.2, 0.25) is 0 Å². The minimum absolute atomic E-state index is 0.363. The van der Waals surface area contributed by atoms with Gasteiger partial charge in [0.25, 0.3) is 0 Å². The lowest BCUT2D eigenvalue weighted by atomic mass is 10.1. The first-order chi connectivity index (χ1) is 13.1. The summed E-state index contributed by atoms with van der Waals surface area (Å²) in [6.45, 7) is 4.55. The maximum Gasteiger partial charge on any atom is 0.343 e. The molecule has 5 heteroatoms. The molecule has 1 aromatic heterocycles. The molecule has 0 atom stereocenters. The zero-order valence-electron chi connectivity index (χ0n) is 15.2. The predicted octanol–water partition coefficient (Wildman–Crippen LogP) is 4.32. The van der Waals surface area contributed by atoms with Crippen molar-refractivity contribution in [2.45, 2.75) is 20.4 Å². The van der Waals surface area contributed by atoms with E-state index in [4.69, 9.17) is 4.74 Å². The van der Waals surface area contributed by atoms with Gasteiger partial charge in [0.05, 0.1) is 17.6 Å². The van der Waals surface area contributed by atoms with Crippen molar-refractivity contribution >= 4 is 17.0 Å². The van der Waals surface area contributed by atoms with Gasteiger partial charge in [0, 0.05) is 0 Å². The predicted molar refractivity (Wildman–Crippen MR) is 104 cm³/mol. The molecule has 4 rings (SSSR count). The van der Waals surface area contributed by atoms with Crippen molar-refractivity contribution in [3.8, 4) is 5.75 Å². The third-order valence-corrected chi connectivity index (χ3v) is 4.35. The summed E-state index contributed by atoms with van der Waals surface area (Å²) < 4.78 is 7.34. The topological polar surface area (TPSA) is 57.0 Å². The zero-order valence-corrected chi connectivity index (χ0v) is 15.2. The SMILES string of the molecule is Cc1cc(C)cc(OC(=O)c2ccc(Cn3nnc4ccccc43)cc2)c1. The number of ether oxygens (including phenoxy) is 1. The third kappa shape index (κ3) is 3.72. The summed E-state index contributed by atoms with van der Waals surface area (Å²) in [5.74, 6) is 0.202. The number of hydrogen-bond acceptors (Lipinski definition) is 4. The summed E-state index contributed by atoms with van der Waals surface area (Å²) in [7, 11) is 0. The van der Waals surface area contributed by atoms with E-state index in [1.807, 2.05) is 73.1 Å². The molecule has 0 saturated heterocycles. The maximum atomic E-state index is 12.4. The van der Waals surface area contributed by atoms with Gasteiger partial charge in [-0.1, -0.05) is 35.5 Å². The van der Waals surface area contributed by atoms with Gasteiger partial charge in [-0.2, -0.15) is 0 Å². The van der Waals surface area contributed by atoms with Crippen molar-refractivity contribution in [1.29, 1.82) is 0 Å². The highest BCUT2D eigenvalue weighted by Gasteiger charge is 2.10. The zero-order chi connectivity index (χ0) is 18.8. The summed E-state index contributed by atoms with van der Waals surface area (Å²) in [6.07, 6.45) is 0. The fraction of sp³-hybridized carbons (Fsp3) is 0.136. The number of benzene rings is 3. The Kier molecular flexibility index (Phi) is 4.42. The van der Waals surface area contributed by atoms with Gasteiger partial charge in [-0.3, -0.25) is 0 Å². The fourth-order valence-corrected chi connectivity index (χ4v) is 3.11. The number of esters is 1. The van der Waals surface area contributed by atoms with Crippen LogP contribution in [0.1, 0.15) is 27.0 Å². The Morgan fingerprint density at radius 1 is 0.963 bits per heavy atom. The second-order valence-corrected chi connectivity index (χ2v) is 6.65. The first kappa shape index (κ1) is 17.0. The summed E-state index contributed by atoms with van der Waals surface area (Å²) in [5.41, 5.74) is 5.53. The van der Waals surface area contributed by atoms with E-state index in [1.165, 1.54) is 0 Å². The molecule has 0 radical (unpaired) electrons. The first-order valence-electron chi connectivity index (χ1n) is 8.76. The average Bonchev–Trinajstić information content (AvgIpc) is 3.04. The lowest BCUT2D eigenvalue weighted by molar-refractivity contribution is 0.0734. The van der Waals surface area contributed by atoms with E-state index < -0.39 is 0 Å². The van der Waals surface area contributed by atoms with Crippen LogP contribution in [0.5, 0.6) is 5.75 Å². The van der Waals surface area contributed by atoms with E-state index in [0.29, 0.717) is 17.9 Å². The van der Waals surface area contributed by atoms with Crippen LogP contribution in [0.15, 0.2) is 66.7 Å². The number of hydrogen-bond donors (Lipinski definition) is 0. The molecule has 0 aliphatic heterocycles. The van der Waals surface area contributed by atoms with E-state index in [2.05, 4.69) is 10.3 Å². The normalized spacial score (nSPS) is 10.9. The molecule has 0 N–H and O–H groups in total. The summed E-state index contributed by atoms with van der Waals surface area (Å²) in [4.78, 5) is 12.4. The lowest BCUT2D eigenvalue weighted by Gasteiger charge is -2.08. The Labute approximate surface area is 157 Å². The van der Waals surface area contributed by atoms with Crippen LogP contribution in [0.25, 0.3) is 11.0 Å². The summed E-state index contributed by atoms with van der Waals surface area (Å²) in [6, 6.07) is 21.0. The number of fused-ring (bicyclic) bond motifs is 1. The second-order valence-electron chi connectivity index (χ2n) is 6.65. The Morgan fingerprint density at radius 2 is 1.67 bits per heavy atom. The molecule has 0 unspecified atom stereocenters. The number of para-hydroxylation sites is 1. The van der Waals surface area contributed by atoms with Crippen LogP contribution < -0.4 is 4.74 Å². The number of aromatic nitrogens is 3. The van der Waals surface area contributed by atoms with E-state index in [-0.39, 0.29) is 5.97 Å². The van der Waals surface area contributed by atoms with Gasteiger partial charge in [0.1, 0.15) is 11.3 Å². The first-order valence-corrected chi connectivity index (χ1v) is 8.76. The molecule has 5 nitrogen and oxygen atoms in total. The molecular formula is C22H19N3O2. The molecule has 0 fully saturated rings. The summed E-state index contributed by atoms with van der Waals surface area (Å²) >= 11 is 0. The molecule has 0 bridgehead atoms. The van der Waals surface area contributed by atoms with Gasteiger partial charge in [0.15, 0.2) is 0 Å². The standard InChI is InChI=1S/C22H19N3O2/c1-15-11-16(2)13-19(12-15)27-22(26)18-9-7-17(8-10-18)14-25-21-6-4-3-5-20(21)23-24-25/h3-13H,14H2,1-2H3. The van der Waals surface area contributed by atoms with Gasteiger partial charge in [-0.05, 0) is 66.9 Å². The van der Waals surface area contributed by atoms with Gasteiger partial charge >= 0.3 is 5.97 Å². The van der Waals surface area contributed by atoms with Crippen LogP contribution in [-0.4, -0.2) is 21.0 Å². The molecule has 0 amide bonds. The van der Waals surface area contributed by atoms with Crippen LogP contribution in [0.2, 0.25) is 0 Å². The van der Waals surface area contributed by atoms with Crippen LogP contribution in [0.3, 0.4) is 0 Å². The molecule has 27 heavy (non-hydrogen) atoms. The van der Waals surface area contributed by atoms with E-state index in [0.717, 1.165) is 27.7 Å². The molecule has 1 heterocycles. The van der Waals surface area contributed by atoms with Crippen LogP contribution in [0, 0.1) is 13.8 Å². The monoisotopic (exact) mass is 357 g/mol. The number of rotatable bonds is 4. The minimum atomic E-state index is -0.363. The quantitative estimate of drug-likeness (QED) is 0.403. The largest absolute Gasteiger partial charge is 0.423 e. The Hall–Kier alpha value is -3.47. The molecule has 0 aliphatic rings. The van der Waals surface area contributed by atoms with Crippen molar-refractivity contribution in [3.05, 3.63) is 89.0 Å². The highest BCUT2D eigenvalue weighted by Crippen LogP contribution is 2.18. The molecule has 3 aromatic carbocycles. The number of aryl methyl sites for hydroxylation is 2. The molecule has 0 aliphatic carbocycles. The van der Waals surface area contributed by atoms with Gasteiger partial charge in [-0.15, -0.1) is 5.10 Å². The Balaban J connectivity index is 1.49. The number of carbonyl (C=O) groups excluding carboxylic acids is 1. The van der Waals surface area contributed by atoms with E-state index >= 15 is 0 Å². The number of nitrogens with zero attached hydrogens (tertiary/aromatic N) is 3. The van der Waals surface area contributed by atoms with Crippen molar-refractivity contribution in [2.24, 2.45) is 0 Å². The molecule has 0 saturated carbocycles. The smallest absolute Gasteiger partial charge is 0.343 e. The molecular weight excluding hydrogens is 338 g/mol. The number of carbonyl (C=O) groups is 1. The van der Waals surface area contributed by atoms with E-state index in [1.54, 1.807) is 12.1 Å². The van der Waals surface area contributed by atoms with Crippen molar-refractivity contribution < 1.29 is 9.53 Å². The minimum Gasteiger partial charge on any atom is -0.423 e. The maximum absolute atomic E-state index is 12.4. The van der Waals surface area contributed by atoms with Gasteiger partial charge in [-0.25, -0.2) is 9.48 Å². The van der Waals surface area contributed by atoms with Gasteiger partial charge < -0.3 is 4.74 Å². The Bertz CT molecular complexity index is 1090. The second kappa shape index (κ2) is 7.03. The fourth-order valence-electron chi connectivity index (χ4n) is 3.11. The van der Waals surface area contributed by atoms with Crippen LogP contribution in [-0.2, 0) is 6.54 Å². The molecule has 134 valence electrons. The summed E-state index contributed by atoms with van der Waals surface area (Å²) in [5, 5.41) is 8.36. The highest BCUT2D eigenvalue weighted by molar-refractivity contribution is 5.91. The molecule has 4 aromatic rings. The Morgan fingerprint density at radius 3 is 2.41 bits per heavy atom. The third-order valence-electron chi connectivity index (χ3n) is 4.35. The molecule has 0 spiro atoms. The van der Waals surface area contributed by atoms with Crippen molar-refractivity contribution in [2.75, 3.05) is 0 Å². The van der Waals surface area contributed by atoms with E-state index in [9.17, 15) is 4.79 Å². The van der Waals surface area contributed by atoms with Crippen LogP contribution >= 0.6 is 0 Å². The van der Waals surface area contributed by atoms with Crippen molar-refractivity contribution in [1.82, 2.24) is 15.0 Å². The lowest BCUT2D eigenvalue weighted by Crippen LogP contribution is -2.09. The van der Waals surface area contributed by atoms with Crippen molar-refractivity contribution in [3.63, 3.8) is 0 Å². The van der Waals surface area contributed by atoms with Crippen LogP contribution in [0.4, 0.5) is 0 Å². The highest BCUT2D eigenvalue weighted by atomic mass is 16.5. The average molecular weight is 357 g/mol.